The minimum atomic E-state index is -2.00. The maximum atomic E-state index is 10.4. The quantitative estimate of drug-likeness (QED) is 0.601. The van der Waals surface area contributed by atoms with Crippen LogP contribution in [0.1, 0.15) is 5.56 Å². The minimum absolute atomic E-state index is 0.582. The van der Waals surface area contributed by atoms with Gasteiger partial charge in [0, 0.05) is 11.6 Å². The Kier molecular flexibility index (Phi) is 4.21. The van der Waals surface area contributed by atoms with Crippen molar-refractivity contribution in [1.82, 2.24) is 0 Å². The van der Waals surface area contributed by atoms with Crippen molar-refractivity contribution in [3.8, 4) is 0 Å². The van der Waals surface area contributed by atoms with E-state index in [0.717, 1.165) is 12.0 Å². The van der Waals surface area contributed by atoms with Gasteiger partial charge in [-0.05, 0) is 24.1 Å². The van der Waals surface area contributed by atoms with Gasteiger partial charge in [0.2, 0.25) is 0 Å². The number of nitrogens with one attached hydrogen (secondary N) is 1. The van der Waals surface area contributed by atoms with E-state index in [4.69, 9.17) is 16.2 Å². The SMILES string of the molecule is O=S(O)Nc1ccc(CCCl)cc1. The van der Waals surface area contributed by atoms with Crippen LogP contribution in [0.3, 0.4) is 0 Å². The van der Waals surface area contributed by atoms with Gasteiger partial charge in [-0.2, -0.15) is 0 Å². The van der Waals surface area contributed by atoms with Crippen molar-refractivity contribution in [3.63, 3.8) is 0 Å². The van der Waals surface area contributed by atoms with Crippen molar-refractivity contribution >= 4 is 28.6 Å². The third kappa shape index (κ3) is 3.76. The molecule has 0 spiro atoms. The van der Waals surface area contributed by atoms with E-state index in [9.17, 15) is 4.21 Å². The average molecular weight is 220 g/mol. The van der Waals surface area contributed by atoms with Crippen LogP contribution in [0, 0.1) is 0 Å². The molecule has 0 aliphatic heterocycles. The molecule has 0 radical (unpaired) electrons. The van der Waals surface area contributed by atoms with Crippen molar-refractivity contribution in [2.75, 3.05) is 10.6 Å². The number of hydrogen-bond donors (Lipinski definition) is 2. The highest BCUT2D eigenvalue weighted by Gasteiger charge is 1.95. The van der Waals surface area contributed by atoms with E-state index in [2.05, 4.69) is 4.72 Å². The molecule has 3 nitrogen and oxygen atoms in total. The predicted octanol–water partition coefficient (Wildman–Crippen LogP) is 2.02. The van der Waals surface area contributed by atoms with Gasteiger partial charge in [0.05, 0.1) is 0 Å². The van der Waals surface area contributed by atoms with Gasteiger partial charge in [0.25, 0.3) is 11.3 Å². The Morgan fingerprint density at radius 2 is 2.00 bits per heavy atom. The Labute approximate surface area is 84.5 Å². The molecule has 0 aromatic heterocycles. The topological polar surface area (TPSA) is 49.3 Å². The summed E-state index contributed by atoms with van der Waals surface area (Å²) in [4.78, 5) is 0. The van der Waals surface area contributed by atoms with Crippen LogP contribution in [0.25, 0.3) is 0 Å². The number of halogens is 1. The molecule has 13 heavy (non-hydrogen) atoms. The Morgan fingerprint density at radius 1 is 1.38 bits per heavy atom. The number of rotatable bonds is 4. The molecular formula is C8H10ClNO2S. The van der Waals surface area contributed by atoms with Crippen molar-refractivity contribution in [1.29, 1.82) is 0 Å². The average Bonchev–Trinajstić information content (AvgIpc) is 2.08. The van der Waals surface area contributed by atoms with Gasteiger partial charge in [-0.25, -0.2) is 4.21 Å². The summed E-state index contributed by atoms with van der Waals surface area (Å²) < 4.78 is 21.2. The van der Waals surface area contributed by atoms with Crippen LogP contribution >= 0.6 is 11.6 Å². The second kappa shape index (κ2) is 5.21. The Balaban J connectivity index is 2.64. The summed E-state index contributed by atoms with van der Waals surface area (Å²) in [5.41, 5.74) is 1.74. The first kappa shape index (κ1) is 10.5. The van der Waals surface area contributed by atoms with E-state index in [1.165, 1.54) is 0 Å². The first-order valence-electron chi connectivity index (χ1n) is 3.75. The third-order valence-electron chi connectivity index (χ3n) is 1.54. The molecule has 1 aromatic carbocycles. The molecule has 0 aliphatic rings. The number of benzene rings is 1. The lowest BCUT2D eigenvalue weighted by Gasteiger charge is -2.02. The van der Waals surface area contributed by atoms with E-state index >= 15 is 0 Å². The van der Waals surface area contributed by atoms with Crippen molar-refractivity contribution in [2.45, 2.75) is 6.42 Å². The predicted molar refractivity (Wildman–Crippen MR) is 55.3 cm³/mol. The van der Waals surface area contributed by atoms with Gasteiger partial charge in [-0.15, -0.1) is 11.6 Å². The zero-order valence-electron chi connectivity index (χ0n) is 6.87. The highest BCUT2D eigenvalue weighted by Crippen LogP contribution is 2.10. The summed E-state index contributed by atoms with van der Waals surface area (Å²) in [6.07, 6.45) is 0.810. The molecule has 5 heteroatoms. The standard InChI is InChI=1S/C8H10ClNO2S/c9-6-5-7-1-3-8(4-2-7)10-13(11)12/h1-4,10H,5-6H2,(H,11,12). The molecule has 0 fully saturated rings. The van der Waals surface area contributed by atoms with Gasteiger partial charge in [0.1, 0.15) is 0 Å². The fraction of sp³-hybridized carbons (Fsp3) is 0.250. The Morgan fingerprint density at radius 3 is 2.46 bits per heavy atom. The summed E-state index contributed by atoms with van der Waals surface area (Å²) in [5.74, 6) is 0.582. The summed E-state index contributed by atoms with van der Waals surface area (Å²) >= 11 is 3.55. The van der Waals surface area contributed by atoms with E-state index in [-0.39, 0.29) is 0 Å². The minimum Gasteiger partial charge on any atom is -0.289 e. The Hall–Kier alpha value is -0.580. The lowest BCUT2D eigenvalue weighted by molar-refractivity contribution is 0.570. The van der Waals surface area contributed by atoms with Crippen molar-refractivity contribution in [2.24, 2.45) is 0 Å². The third-order valence-corrected chi connectivity index (χ3v) is 2.14. The fourth-order valence-corrected chi connectivity index (χ4v) is 1.51. The molecule has 1 unspecified atom stereocenters. The maximum Gasteiger partial charge on any atom is 0.259 e. The van der Waals surface area contributed by atoms with E-state index in [0.29, 0.717) is 11.6 Å². The van der Waals surface area contributed by atoms with Gasteiger partial charge < -0.3 is 0 Å². The van der Waals surface area contributed by atoms with Crippen molar-refractivity contribution in [3.05, 3.63) is 29.8 Å². The molecule has 0 amide bonds. The highest BCUT2D eigenvalue weighted by atomic mass is 35.5. The largest absolute Gasteiger partial charge is 0.289 e. The number of hydrogen-bond acceptors (Lipinski definition) is 1. The van der Waals surface area contributed by atoms with Gasteiger partial charge in [-0.1, -0.05) is 12.1 Å². The van der Waals surface area contributed by atoms with Gasteiger partial charge >= 0.3 is 0 Å². The van der Waals surface area contributed by atoms with Crippen LogP contribution in [0.15, 0.2) is 24.3 Å². The molecule has 0 bridgehead atoms. The summed E-state index contributed by atoms with van der Waals surface area (Å²) in [7, 11) is 0. The van der Waals surface area contributed by atoms with Gasteiger partial charge in [0.15, 0.2) is 0 Å². The molecule has 0 saturated heterocycles. The number of alkyl halides is 1. The molecule has 1 aromatic rings. The molecule has 2 N–H and O–H groups in total. The Bertz CT molecular complexity index is 289. The molecule has 1 atom stereocenters. The second-order valence-electron chi connectivity index (χ2n) is 2.49. The smallest absolute Gasteiger partial charge is 0.259 e. The molecule has 0 heterocycles. The van der Waals surface area contributed by atoms with Gasteiger partial charge in [-0.3, -0.25) is 9.27 Å². The molecule has 72 valence electrons. The second-order valence-corrected chi connectivity index (χ2v) is 3.57. The molecule has 0 saturated carbocycles. The normalized spacial score (nSPS) is 12.5. The molecular weight excluding hydrogens is 210 g/mol. The zero-order valence-corrected chi connectivity index (χ0v) is 8.44. The fourth-order valence-electron chi connectivity index (χ4n) is 0.949. The van der Waals surface area contributed by atoms with E-state index in [1.54, 1.807) is 12.1 Å². The highest BCUT2D eigenvalue weighted by molar-refractivity contribution is 7.80. The lowest BCUT2D eigenvalue weighted by atomic mass is 10.2. The lowest BCUT2D eigenvalue weighted by Crippen LogP contribution is -2.01. The summed E-state index contributed by atoms with van der Waals surface area (Å²) in [6.45, 7) is 0. The zero-order chi connectivity index (χ0) is 9.68. The monoisotopic (exact) mass is 219 g/mol. The van der Waals surface area contributed by atoms with Crippen LogP contribution in [0.4, 0.5) is 5.69 Å². The summed E-state index contributed by atoms with van der Waals surface area (Å²) in [5, 5.41) is 0. The maximum absolute atomic E-state index is 10.4. The molecule has 0 aliphatic carbocycles. The number of aryl methyl sites for hydroxylation is 1. The first-order chi connectivity index (χ1) is 6.22. The summed E-state index contributed by atoms with van der Waals surface area (Å²) in [6, 6.07) is 7.24. The van der Waals surface area contributed by atoms with Crippen LogP contribution < -0.4 is 4.72 Å². The van der Waals surface area contributed by atoms with Crippen molar-refractivity contribution < 1.29 is 8.76 Å². The van der Waals surface area contributed by atoms with Crippen LogP contribution in [0.5, 0.6) is 0 Å². The van der Waals surface area contributed by atoms with Crippen LogP contribution in [-0.2, 0) is 17.7 Å². The van der Waals surface area contributed by atoms with E-state index in [1.807, 2.05) is 12.1 Å². The molecule has 1 rings (SSSR count). The van der Waals surface area contributed by atoms with Crippen LogP contribution in [-0.4, -0.2) is 14.6 Å². The number of anilines is 1. The van der Waals surface area contributed by atoms with E-state index < -0.39 is 11.3 Å². The van der Waals surface area contributed by atoms with Crippen LogP contribution in [0.2, 0.25) is 0 Å². The first-order valence-corrected chi connectivity index (χ1v) is 5.39.